The van der Waals surface area contributed by atoms with E-state index in [0.717, 1.165) is 5.56 Å². The lowest BCUT2D eigenvalue weighted by molar-refractivity contribution is -0.114. The van der Waals surface area contributed by atoms with Gasteiger partial charge in [-0.1, -0.05) is 57.2 Å². The highest BCUT2D eigenvalue weighted by atomic mass is 19.1. The van der Waals surface area contributed by atoms with Gasteiger partial charge in [0.1, 0.15) is 5.82 Å². The normalized spacial score (nSPS) is 19.6. The van der Waals surface area contributed by atoms with Gasteiger partial charge >= 0.3 is 6.03 Å². The van der Waals surface area contributed by atoms with Crippen LogP contribution in [0.1, 0.15) is 37.9 Å². The molecule has 1 N–H and O–H groups in total. The average molecular weight is 393 g/mol. The summed E-state index contributed by atoms with van der Waals surface area (Å²) in [6.45, 7) is 6.56. The lowest BCUT2D eigenvalue weighted by atomic mass is 9.85. The average Bonchev–Trinajstić information content (AvgIpc) is 3.02. The zero-order chi connectivity index (χ0) is 20.9. The molecule has 3 amide bonds. The van der Waals surface area contributed by atoms with E-state index in [1.165, 1.54) is 21.4 Å². The molecule has 150 valence electrons. The van der Waals surface area contributed by atoms with E-state index >= 15 is 0 Å². The number of anilines is 1. The summed E-state index contributed by atoms with van der Waals surface area (Å²) < 4.78 is 14.3. The van der Waals surface area contributed by atoms with E-state index in [9.17, 15) is 14.0 Å². The van der Waals surface area contributed by atoms with Crippen LogP contribution in [0.2, 0.25) is 0 Å². The summed E-state index contributed by atoms with van der Waals surface area (Å²) in [5.41, 5.74) is 3.31. The molecule has 29 heavy (non-hydrogen) atoms. The third kappa shape index (κ3) is 3.18. The van der Waals surface area contributed by atoms with Crippen molar-refractivity contribution in [2.45, 2.75) is 32.2 Å². The van der Waals surface area contributed by atoms with Gasteiger partial charge in [-0.15, -0.1) is 0 Å². The Balaban J connectivity index is 1.74. The summed E-state index contributed by atoms with van der Waals surface area (Å²) in [5.74, 6) is -0.754. The highest BCUT2D eigenvalue weighted by molar-refractivity contribution is 6.11. The molecule has 2 aromatic carbocycles. The number of rotatable bonds is 2. The molecule has 0 spiro atoms. The van der Waals surface area contributed by atoms with Crippen LogP contribution < -0.4 is 10.2 Å². The lowest BCUT2D eigenvalue weighted by Gasteiger charge is -2.31. The van der Waals surface area contributed by atoms with Crippen molar-refractivity contribution in [3.63, 3.8) is 0 Å². The van der Waals surface area contributed by atoms with E-state index in [4.69, 9.17) is 0 Å². The summed E-state index contributed by atoms with van der Waals surface area (Å²) in [6, 6.07) is 13.3. The predicted molar refractivity (Wildman–Crippen MR) is 110 cm³/mol. The van der Waals surface area contributed by atoms with Crippen molar-refractivity contribution >= 4 is 17.6 Å². The SMILES string of the molecule is CN1C(=O)NC(c2ccc(C(C)(C)C)cc2)C2=C1CN(c1ccccc1F)C2=O. The van der Waals surface area contributed by atoms with Gasteiger partial charge in [-0.05, 0) is 28.7 Å². The maximum Gasteiger partial charge on any atom is 0.322 e. The molecule has 1 unspecified atom stereocenters. The summed E-state index contributed by atoms with van der Waals surface area (Å²) in [7, 11) is 1.63. The topological polar surface area (TPSA) is 52.7 Å². The Morgan fingerprint density at radius 1 is 1.03 bits per heavy atom. The molecule has 2 heterocycles. The van der Waals surface area contributed by atoms with Gasteiger partial charge < -0.3 is 5.32 Å². The second-order valence-electron chi connectivity index (χ2n) is 8.52. The minimum atomic E-state index is -0.563. The minimum absolute atomic E-state index is 0.00377. The quantitative estimate of drug-likeness (QED) is 0.835. The lowest BCUT2D eigenvalue weighted by Crippen LogP contribution is -2.45. The molecule has 0 bridgehead atoms. The summed E-state index contributed by atoms with van der Waals surface area (Å²) in [6.07, 6.45) is 0. The number of urea groups is 1. The molecule has 2 aromatic rings. The number of amides is 3. The van der Waals surface area contributed by atoms with Crippen LogP contribution in [-0.2, 0) is 10.2 Å². The Hall–Kier alpha value is -3.15. The number of carbonyl (C=O) groups excluding carboxylic acids is 2. The molecule has 0 fully saturated rings. The van der Waals surface area contributed by atoms with Crippen molar-refractivity contribution in [1.82, 2.24) is 10.2 Å². The van der Waals surface area contributed by atoms with Gasteiger partial charge in [0.2, 0.25) is 0 Å². The third-order valence-corrected chi connectivity index (χ3v) is 5.61. The summed E-state index contributed by atoms with van der Waals surface area (Å²) in [4.78, 5) is 28.7. The number of nitrogens with one attached hydrogen (secondary N) is 1. The number of nitrogens with zero attached hydrogens (tertiary/aromatic N) is 2. The highest BCUT2D eigenvalue weighted by Gasteiger charge is 2.43. The van der Waals surface area contributed by atoms with Crippen LogP contribution in [0.3, 0.4) is 0 Å². The maximum absolute atomic E-state index is 14.3. The van der Waals surface area contributed by atoms with Crippen molar-refractivity contribution in [2.75, 3.05) is 18.5 Å². The van der Waals surface area contributed by atoms with Gasteiger partial charge in [0.25, 0.3) is 5.91 Å². The van der Waals surface area contributed by atoms with Crippen molar-refractivity contribution in [3.8, 4) is 0 Å². The van der Waals surface area contributed by atoms with E-state index in [0.29, 0.717) is 11.3 Å². The van der Waals surface area contributed by atoms with Crippen LogP contribution in [0.5, 0.6) is 0 Å². The van der Waals surface area contributed by atoms with Gasteiger partial charge in [-0.2, -0.15) is 0 Å². The second kappa shape index (κ2) is 6.72. The third-order valence-electron chi connectivity index (χ3n) is 5.61. The molecule has 5 nitrogen and oxygen atoms in total. The zero-order valence-electron chi connectivity index (χ0n) is 17.0. The fourth-order valence-corrected chi connectivity index (χ4v) is 3.86. The molecule has 1 atom stereocenters. The Bertz CT molecular complexity index is 1020. The molecule has 0 aromatic heterocycles. The van der Waals surface area contributed by atoms with Gasteiger partial charge in [-0.3, -0.25) is 14.6 Å². The van der Waals surface area contributed by atoms with E-state index in [-0.39, 0.29) is 29.6 Å². The monoisotopic (exact) mass is 393 g/mol. The molecular formula is C23H24FN3O2. The smallest absolute Gasteiger partial charge is 0.322 e. The van der Waals surface area contributed by atoms with Crippen LogP contribution in [0.15, 0.2) is 59.8 Å². The van der Waals surface area contributed by atoms with Crippen molar-refractivity contribution < 1.29 is 14.0 Å². The molecule has 0 saturated carbocycles. The van der Waals surface area contributed by atoms with Crippen LogP contribution in [0.25, 0.3) is 0 Å². The fourth-order valence-electron chi connectivity index (χ4n) is 3.86. The number of halogens is 1. The molecule has 0 radical (unpaired) electrons. The van der Waals surface area contributed by atoms with Crippen LogP contribution in [0.4, 0.5) is 14.9 Å². The predicted octanol–water partition coefficient (Wildman–Crippen LogP) is 4.12. The van der Waals surface area contributed by atoms with Crippen LogP contribution in [-0.4, -0.2) is 30.4 Å². The first-order valence-electron chi connectivity index (χ1n) is 9.62. The van der Waals surface area contributed by atoms with E-state index in [1.54, 1.807) is 25.2 Å². The number of likely N-dealkylation sites (N-methyl/N-ethyl adjacent to an activating group) is 1. The van der Waals surface area contributed by atoms with Crippen molar-refractivity contribution in [1.29, 1.82) is 0 Å². The van der Waals surface area contributed by atoms with Gasteiger partial charge in [-0.25, -0.2) is 9.18 Å². The first kappa shape index (κ1) is 19.2. The Labute approximate surface area is 169 Å². The van der Waals surface area contributed by atoms with Gasteiger partial charge in [0.05, 0.1) is 29.5 Å². The summed E-state index contributed by atoms with van der Waals surface area (Å²) >= 11 is 0. The number of carbonyl (C=O) groups is 2. The standard InChI is InChI=1S/C23H24FN3O2/c1-23(2,3)15-11-9-14(10-12-15)20-19-18(26(4)22(29)25-20)13-27(21(19)28)17-8-6-5-7-16(17)24/h5-12,20H,13H2,1-4H3,(H,25,29). The molecule has 2 aliphatic rings. The van der Waals surface area contributed by atoms with Crippen LogP contribution in [0, 0.1) is 5.82 Å². The highest BCUT2D eigenvalue weighted by Crippen LogP contribution is 2.38. The molecule has 6 heteroatoms. The number of hydrogen-bond acceptors (Lipinski definition) is 2. The Morgan fingerprint density at radius 2 is 1.69 bits per heavy atom. The van der Waals surface area contributed by atoms with Gasteiger partial charge in [0.15, 0.2) is 0 Å². The van der Waals surface area contributed by atoms with E-state index in [1.807, 2.05) is 24.3 Å². The number of hydrogen-bond donors (Lipinski definition) is 1. The second-order valence-corrected chi connectivity index (χ2v) is 8.52. The van der Waals surface area contributed by atoms with Crippen LogP contribution >= 0.6 is 0 Å². The molecule has 0 saturated heterocycles. The number of para-hydroxylation sites is 1. The molecule has 0 aliphatic carbocycles. The molecule has 2 aliphatic heterocycles. The van der Waals surface area contributed by atoms with Crippen molar-refractivity contribution in [2.24, 2.45) is 0 Å². The Morgan fingerprint density at radius 3 is 2.31 bits per heavy atom. The Kier molecular flexibility index (Phi) is 4.45. The molecule has 4 rings (SSSR count). The summed E-state index contributed by atoms with van der Waals surface area (Å²) in [5, 5.41) is 2.92. The van der Waals surface area contributed by atoms with Crippen molar-refractivity contribution in [3.05, 3.63) is 76.7 Å². The van der Waals surface area contributed by atoms with E-state index < -0.39 is 11.9 Å². The zero-order valence-corrected chi connectivity index (χ0v) is 17.0. The minimum Gasteiger partial charge on any atom is -0.327 e. The maximum atomic E-state index is 14.3. The first-order chi connectivity index (χ1) is 13.7. The number of benzene rings is 2. The van der Waals surface area contributed by atoms with E-state index in [2.05, 4.69) is 26.1 Å². The molecular weight excluding hydrogens is 369 g/mol. The largest absolute Gasteiger partial charge is 0.327 e. The first-order valence-corrected chi connectivity index (χ1v) is 9.62. The van der Waals surface area contributed by atoms with Gasteiger partial charge in [0, 0.05) is 7.05 Å². The fraction of sp³-hybridized carbons (Fsp3) is 0.304.